The van der Waals surface area contributed by atoms with Gasteiger partial charge in [0.1, 0.15) is 5.60 Å². The molecular formula is C28H39NO2. The lowest BCUT2D eigenvalue weighted by atomic mass is 9.94. The molecule has 0 aliphatic rings. The van der Waals surface area contributed by atoms with E-state index in [9.17, 15) is 4.79 Å². The first kappa shape index (κ1) is 24.9. The third-order valence-electron chi connectivity index (χ3n) is 5.44. The molecule has 3 atom stereocenters. The van der Waals surface area contributed by atoms with E-state index in [4.69, 9.17) is 4.74 Å². The first-order valence-corrected chi connectivity index (χ1v) is 11.4. The van der Waals surface area contributed by atoms with Gasteiger partial charge in [0.05, 0.1) is 6.42 Å². The van der Waals surface area contributed by atoms with Crippen LogP contribution in [0, 0.1) is 5.92 Å². The van der Waals surface area contributed by atoms with Crippen molar-refractivity contribution in [1.82, 2.24) is 4.90 Å². The maximum atomic E-state index is 12.9. The largest absolute Gasteiger partial charge is 0.460 e. The van der Waals surface area contributed by atoms with E-state index in [1.807, 2.05) is 39.8 Å². The summed E-state index contributed by atoms with van der Waals surface area (Å²) < 4.78 is 5.71. The molecule has 0 heterocycles. The zero-order valence-electron chi connectivity index (χ0n) is 20.0. The Labute approximate surface area is 189 Å². The number of esters is 1. The number of carbonyl (C=O) groups excluding carboxylic acids is 1. The third kappa shape index (κ3) is 8.70. The van der Waals surface area contributed by atoms with Crippen LogP contribution in [0.3, 0.4) is 0 Å². The topological polar surface area (TPSA) is 29.5 Å². The van der Waals surface area contributed by atoms with Crippen molar-refractivity contribution in [2.75, 3.05) is 0 Å². The molecule has 3 nitrogen and oxygen atoms in total. The Bertz CT molecular complexity index is 808. The van der Waals surface area contributed by atoms with Crippen LogP contribution < -0.4 is 0 Å². The predicted octanol–water partition coefficient (Wildman–Crippen LogP) is 6.95. The molecule has 2 aromatic carbocycles. The van der Waals surface area contributed by atoms with E-state index >= 15 is 0 Å². The van der Waals surface area contributed by atoms with Gasteiger partial charge in [-0.3, -0.25) is 9.69 Å². The molecule has 0 N–H and O–H groups in total. The van der Waals surface area contributed by atoms with Crippen LogP contribution in [0.15, 0.2) is 72.8 Å². The lowest BCUT2D eigenvalue weighted by molar-refractivity contribution is -0.156. The zero-order valence-corrected chi connectivity index (χ0v) is 20.0. The summed E-state index contributed by atoms with van der Waals surface area (Å²) in [4.78, 5) is 15.3. The summed E-state index contributed by atoms with van der Waals surface area (Å²) in [6.07, 6.45) is 5.59. The van der Waals surface area contributed by atoms with Crippen molar-refractivity contribution in [3.63, 3.8) is 0 Å². The van der Waals surface area contributed by atoms with Crippen LogP contribution in [0.1, 0.15) is 71.6 Å². The van der Waals surface area contributed by atoms with E-state index in [2.05, 4.69) is 79.4 Å². The monoisotopic (exact) mass is 421 g/mol. The Morgan fingerprint density at radius 3 is 2.13 bits per heavy atom. The standard InChI is InChI=1S/C28H39NO2/c1-7-14-22(2)19-26(20-27(30)31-28(4,5)6)29(21-24-15-10-8-11-16-24)23(3)25-17-12-9-13-18-25/h7-18,22-23,26H,19-21H2,1-6H3/t22-,23?,26+/m1/s1. The van der Waals surface area contributed by atoms with Gasteiger partial charge in [-0.1, -0.05) is 79.7 Å². The predicted molar refractivity (Wildman–Crippen MR) is 130 cm³/mol. The van der Waals surface area contributed by atoms with Crippen molar-refractivity contribution < 1.29 is 9.53 Å². The highest BCUT2D eigenvalue weighted by molar-refractivity contribution is 5.70. The quantitative estimate of drug-likeness (QED) is 0.307. The maximum absolute atomic E-state index is 12.9. The first-order valence-electron chi connectivity index (χ1n) is 11.4. The summed E-state index contributed by atoms with van der Waals surface area (Å²) in [5.74, 6) is 0.238. The highest BCUT2D eigenvalue weighted by Crippen LogP contribution is 2.30. The molecular weight excluding hydrogens is 382 g/mol. The van der Waals surface area contributed by atoms with Crippen LogP contribution in [0.5, 0.6) is 0 Å². The van der Waals surface area contributed by atoms with Crippen molar-refractivity contribution in [3.8, 4) is 0 Å². The molecule has 0 aliphatic heterocycles. The van der Waals surface area contributed by atoms with E-state index in [1.54, 1.807) is 0 Å². The smallest absolute Gasteiger partial charge is 0.307 e. The van der Waals surface area contributed by atoms with Gasteiger partial charge in [0.25, 0.3) is 0 Å². The van der Waals surface area contributed by atoms with Crippen LogP contribution in [0.2, 0.25) is 0 Å². The SMILES string of the molecule is CC=C[C@@H](C)C[C@@H](CC(=O)OC(C)(C)C)N(Cc1ccccc1)C(C)c1ccccc1. The maximum Gasteiger partial charge on any atom is 0.307 e. The molecule has 0 aromatic heterocycles. The molecule has 0 saturated carbocycles. The minimum Gasteiger partial charge on any atom is -0.460 e. The van der Waals surface area contributed by atoms with Crippen molar-refractivity contribution in [1.29, 1.82) is 0 Å². The summed E-state index contributed by atoms with van der Waals surface area (Å²) in [5.41, 5.74) is 2.02. The Hall–Kier alpha value is -2.39. The average Bonchev–Trinajstić information content (AvgIpc) is 2.71. The molecule has 2 rings (SSSR count). The van der Waals surface area contributed by atoms with Crippen LogP contribution in [-0.4, -0.2) is 22.5 Å². The Morgan fingerprint density at radius 2 is 1.58 bits per heavy atom. The van der Waals surface area contributed by atoms with Crippen molar-refractivity contribution in [2.45, 2.75) is 78.6 Å². The Balaban J connectivity index is 2.37. The molecule has 0 spiro atoms. The lowest BCUT2D eigenvalue weighted by Crippen LogP contribution is -2.40. The van der Waals surface area contributed by atoms with Crippen molar-refractivity contribution in [3.05, 3.63) is 83.9 Å². The molecule has 0 fully saturated rings. The number of nitrogens with zero attached hydrogens (tertiary/aromatic N) is 1. The summed E-state index contributed by atoms with van der Waals surface area (Å²) in [5, 5.41) is 0. The van der Waals surface area contributed by atoms with Crippen LogP contribution >= 0.6 is 0 Å². The molecule has 1 unspecified atom stereocenters. The molecule has 0 radical (unpaired) electrons. The number of hydrogen-bond donors (Lipinski definition) is 0. The highest BCUT2D eigenvalue weighted by Gasteiger charge is 2.29. The van der Waals surface area contributed by atoms with Gasteiger partial charge in [-0.05, 0) is 58.1 Å². The van der Waals surface area contributed by atoms with Gasteiger partial charge in [-0.15, -0.1) is 0 Å². The minimum atomic E-state index is -0.480. The number of carbonyl (C=O) groups is 1. The molecule has 168 valence electrons. The number of allylic oxidation sites excluding steroid dienone is 2. The van der Waals surface area contributed by atoms with Gasteiger partial charge >= 0.3 is 5.97 Å². The average molecular weight is 422 g/mol. The van der Waals surface area contributed by atoms with E-state index in [-0.39, 0.29) is 18.1 Å². The normalized spacial score (nSPS) is 15.1. The summed E-state index contributed by atoms with van der Waals surface area (Å²) in [6.45, 7) is 13.1. The molecule has 0 saturated heterocycles. The van der Waals surface area contributed by atoms with Gasteiger partial charge in [0.15, 0.2) is 0 Å². The van der Waals surface area contributed by atoms with Gasteiger partial charge in [-0.2, -0.15) is 0 Å². The number of hydrogen-bond acceptors (Lipinski definition) is 3. The highest BCUT2D eigenvalue weighted by atomic mass is 16.6. The van der Waals surface area contributed by atoms with E-state index in [0.717, 1.165) is 13.0 Å². The van der Waals surface area contributed by atoms with Gasteiger partial charge < -0.3 is 4.74 Å². The summed E-state index contributed by atoms with van der Waals surface area (Å²) >= 11 is 0. The number of benzene rings is 2. The molecule has 31 heavy (non-hydrogen) atoms. The third-order valence-corrected chi connectivity index (χ3v) is 5.44. The first-order chi connectivity index (χ1) is 14.7. The Morgan fingerprint density at radius 1 is 1.00 bits per heavy atom. The number of ether oxygens (including phenoxy) is 1. The van der Waals surface area contributed by atoms with Crippen molar-refractivity contribution >= 4 is 5.97 Å². The fourth-order valence-corrected chi connectivity index (χ4v) is 4.05. The van der Waals surface area contributed by atoms with E-state index < -0.39 is 5.60 Å². The lowest BCUT2D eigenvalue weighted by Gasteiger charge is -2.38. The fourth-order valence-electron chi connectivity index (χ4n) is 4.05. The summed E-state index contributed by atoms with van der Waals surface area (Å²) in [6, 6.07) is 21.3. The van der Waals surface area contributed by atoms with Gasteiger partial charge in [0, 0.05) is 18.6 Å². The summed E-state index contributed by atoms with van der Waals surface area (Å²) in [7, 11) is 0. The van der Waals surface area contributed by atoms with Crippen LogP contribution in [0.4, 0.5) is 0 Å². The van der Waals surface area contributed by atoms with Crippen molar-refractivity contribution in [2.24, 2.45) is 5.92 Å². The molecule has 2 aromatic rings. The van der Waals surface area contributed by atoms with Gasteiger partial charge in [0.2, 0.25) is 0 Å². The molecule has 0 amide bonds. The van der Waals surface area contributed by atoms with Gasteiger partial charge in [-0.25, -0.2) is 0 Å². The number of rotatable bonds is 10. The van der Waals surface area contributed by atoms with E-state index in [0.29, 0.717) is 12.3 Å². The van der Waals surface area contributed by atoms with Crippen LogP contribution in [-0.2, 0) is 16.1 Å². The second kappa shape index (κ2) is 11.9. The fraction of sp³-hybridized carbons (Fsp3) is 0.464. The zero-order chi connectivity index (χ0) is 22.9. The second-order valence-corrected chi connectivity index (χ2v) is 9.43. The second-order valence-electron chi connectivity index (χ2n) is 9.43. The molecule has 3 heteroatoms. The van der Waals surface area contributed by atoms with Crippen LogP contribution in [0.25, 0.3) is 0 Å². The Kier molecular flexibility index (Phi) is 9.51. The van der Waals surface area contributed by atoms with E-state index in [1.165, 1.54) is 11.1 Å². The molecule has 0 aliphatic carbocycles. The minimum absolute atomic E-state index is 0.0662. The molecule has 0 bridgehead atoms.